The minimum atomic E-state index is -0.163. The molecule has 0 fully saturated rings. The molecule has 0 aliphatic heterocycles. The number of carbonyl (C=O) groups is 1. The van der Waals surface area contributed by atoms with Gasteiger partial charge in [0.2, 0.25) is 0 Å². The van der Waals surface area contributed by atoms with Crippen LogP contribution in [0, 0.1) is 19.3 Å². The molecule has 1 atom stereocenters. The third-order valence-electron chi connectivity index (χ3n) is 1.98. The summed E-state index contributed by atoms with van der Waals surface area (Å²) in [5.74, 6) is 2.47. The summed E-state index contributed by atoms with van der Waals surface area (Å²) in [4.78, 5) is 12.4. The lowest BCUT2D eigenvalue weighted by molar-refractivity contribution is 0.0948. The lowest BCUT2D eigenvalue weighted by Crippen LogP contribution is -2.32. The van der Waals surface area contributed by atoms with E-state index in [1.54, 1.807) is 0 Å². The molecule has 0 bridgehead atoms. The van der Waals surface area contributed by atoms with Crippen molar-refractivity contribution in [3.8, 4) is 12.3 Å². The summed E-state index contributed by atoms with van der Waals surface area (Å²) >= 11 is 1.44. The van der Waals surface area contributed by atoms with Crippen molar-refractivity contribution in [3.63, 3.8) is 0 Å². The Balaban J connectivity index is 2.69. The predicted octanol–water partition coefficient (Wildman–Crippen LogP) is 2.20. The minimum absolute atomic E-state index is 0.0673. The largest absolute Gasteiger partial charge is 0.338 e. The van der Waals surface area contributed by atoms with Crippen molar-refractivity contribution >= 4 is 17.2 Å². The second kappa shape index (κ2) is 4.83. The van der Waals surface area contributed by atoms with Gasteiger partial charge in [0.1, 0.15) is 0 Å². The van der Waals surface area contributed by atoms with Gasteiger partial charge in [-0.2, -0.15) is 0 Å². The Kier molecular flexibility index (Phi) is 3.73. The van der Waals surface area contributed by atoms with Gasteiger partial charge in [0.15, 0.2) is 0 Å². The topological polar surface area (TPSA) is 29.1 Å². The maximum absolute atomic E-state index is 11.7. The smallest absolute Gasteiger partial charge is 0.262 e. The molecule has 1 rings (SSSR count). The maximum atomic E-state index is 11.7. The summed E-state index contributed by atoms with van der Waals surface area (Å²) < 4.78 is 0. The molecule has 0 saturated carbocycles. The van der Waals surface area contributed by atoms with Gasteiger partial charge in [-0.1, -0.05) is 12.8 Å². The van der Waals surface area contributed by atoms with E-state index >= 15 is 0 Å². The third kappa shape index (κ3) is 2.36. The van der Waals surface area contributed by atoms with Crippen molar-refractivity contribution in [2.75, 3.05) is 0 Å². The summed E-state index contributed by atoms with van der Waals surface area (Å²) in [7, 11) is 0. The van der Waals surface area contributed by atoms with Crippen LogP contribution in [0.3, 0.4) is 0 Å². The van der Waals surface area contributed by atoms with Gasteiger partial charge >= 0.3 is 0 Å². The number of hydrogen-bond acceptors (Lipinski definition) is 2. The summed E-state index contributed by atoms with van der Waals surface area (Å²) in [5, 5.41) is 4.70. The Hall–Kier alpha value is -1.27. The molecular weight excluding hydrogens is 194 g/mol. The van der Waals surface area contributed by atoms with E-state index in [4.69, 9.17) is 6.42 Å². The van der Waals surface area contributed by atoms with E-state index < -0.39 is 0 Å². The maximum Gasteiger partial charge on any atom is 0.262 e. The molecule has 0 spiro atoms. The Morgan fingerprint density at radius 1 is 1.79 bits per heavy atom. The van der Waals surface area contributed by atoms with Crippen LogP contribution in [0.15, 0.2) is 11.4 Å². The number of nitrogens with one attached hydrogen (secondary N) is 1. The van der Waals surface area contributed by atoms with Crippen molar-refractivity contribution in [3.05, 3.63) is 21.9 Å². The average molecular weight is 207 g/mol. The van der Waals surface area contributed by atoms with E-state index in [9.17, 15) is 4.79 Å². The number of carbonyl (C=O) groups excluding carboxylic acids is 1. The monoisotopic (exact) mass is 207 g/mol. The molecule has 1 aromatic rings. The molecule has 74 valence electrons. The van der Waals surface area contributed by atoms with E-state index in [1.807, 2.05) is 25.3 Å². The number of hydrogen-bond donors (Lipinski definition) is 1. The number of rotatable bonds is 3. The molecule has 14 heavy (non-hydrogen) atoms. The molecule has 1 heterocycles. The quantitative estimate of drug-likeness (QED) is 0.756. The van der Waals surface area contributed by atoms with Crippen molar-refractivity contribution in [2.45, 2.75) is 26.3 Å². The van der Waals surface area contributed by atoms with E-state index in [2.05, 4.69) is 11.2 Å². The van der Waals surface area contributed by atoms with Crippen LogP contribution in [0.2, 0.25) is 0 Å². The zero-order chi connectivity index (χ0) is 10.6. The zero-order valence-electron chi connectivity index (χ0n) is 8.33. The summed E-state index contributed by atoms with van der Waals surface area (Å²) in [6.45, 7) is 3.87. The molecule has 1 unspecified atom stereocenters. The van der Waals surface area contributed by atoms with Crippen LogP contribution in [0.5, 0.6) is 0 Å². The minimum Gasteiger partial charge on any atom is -0.338 e. The first-order chi connectivity index (χ1) is 6.69. The first kappa shape index (κ1) is 10.8. The summed E-state index contributed by atoms with van der Waals surface area (Å²) in [6.07, 6.45) is 6.02. The number of thiophene rings is 1. The average Bonchev–Trinajstić information content (AvgIpc) is 2.60. The third-order valence-corrected chi connectivity index (χ3v) is 3.00. The molecule has 0 saturated heterocycles. The number of amides is 1. The Labute approximate surface area is 88.3 Å². The fourth-order valence-corrected chi connectivity index (χ4v) is 1.92. The molecule has 2 nitrogen and oxygen atoms in total. The van der Waals surface area contributed by atoms with Crippen molar-refractivity contribution in [1.29, 1.82) is 0 Å². The molecule has 0 aliphatic carbocycles. The van der Waals surface area contributed by atoms with Gasteiger partial charge in [-0.15, -0.1) is 17.8 Å². The highest BCUT2D eigenvalue weighted by molar-refractivity contribution is 7.12. The van der Waals surface area contributed by atoms with Crippen LogP contribution in [0.1, 0.15) is 28.6 Å². The Morgan fingerprint density at radius 2 is 2.50 bits per heavy atom. The van der Waals surface area contributed by atoms with Crippen molar-refractivity contribution in [2.24, 2.45) is 0 Å². The highest BCUT2D eigenvalue weighted by Gasteiger charge is 2.12. The van der Waals surface area contributed by atoms with Gasteiger partial charge in [-0.05, 0) is 30.4 Å². The van der Waals surface area contributed by atoms with Gasteiger partial charge in [0, 0.05) is 0 Å². The van der Waals surface area contributed by atoms with E-state index in [0.29, 0.717) is 0 Å². The Morgan fingerprint density at radius 3 is 2.93 bits per heavy atom. The highest BCUT2D eigenvalue weighted by Crippen LogP contribution is 2.15. The summed E-state index contributed by atoms with van der Waals surface area (Å²) in [5.41, 5.74) is 0.999. The molecule has 1 N–H and O–H groups in total. The molecule has 0 aliphatic rings. The Bertz CT molecular complexity index is 362. The highest BCUT2D eigenvalue weighted by atomic mass is 32.1. The molecule has 1 amide bonds. The zero-order valence-corrected chi connectivity index (χ0v) is 9.15. The first-order valence-electron chi connectivity index (χ1n) is 4.50. The molecule has 0 aromatic carbocycles. The molecule has 0 radical (unpaired) electrons. The SMILES string of the molecule is C#CC(CC)NC(=O)c1sccc1C. The van der Waals surface area contributed by atoms with E-state index in [1.165, 1.54) is 11.3 Å². The number of aryl methyl sites for hydroxylation is 1. The molecule has 3 heteroatoms. The van der Waals surface area contributed by atoms with Crippen LogP contribution in [-0.2, 0) is 0 Å². The number of terminal acetylenes is 1. The molecular formula is C11H13NOS. The van der Waals surface area contributed by atoms with Gasteiger partial charge in [-0.25, -0.2) is 0 Å². The van der Waals surface area contributed by atoms with Gasteiger partial charge in [0.25, 0.3) is 5.91 Å². The van der Waals surface area contributed by atoms with Crippen LogP contribution in [0.25, 0.3) is 0 Å². The van der Waals surface area contributed by atoms with Crippen LogP contribution in [0.4, 0.5) is 0 Å². The van der Waals surface area contributed by atoms with Crippen molar-refractivity contribution < 1.29 is 4.79 Å². The van der Waals surface area contributed by atoms with Crippen LogP contribution in [-0.4, -0.2) is 11.9 Å². The van der Waals surface area contributed by atoms with Gasteiger partial charge < -0.3 is 5.32 Å². The lowest BCUT2D eigenvalue weighted by Gasteiger charge is -2.09. The normalized spacial score (nSPS) is 11.8. The van der Waals surface area contributed by atoms with Gasteiger partial charge in [0.05, 0.1) is 10.9 Å². The summed E-state index contributed by atoms with van der Waals surface area (Å²) in [6, 6.07) is 1.76. The second-order valence-corrected chi connectivity index (χ2v) is 3.95. The first-order valence-corrected chi connectivity index (χ1v) is 5.38. The molecule has 1 aromatic heterocycles. The predicted molar refractivity (Wildman–Crippen MR) is 59.4 cm³/mol. The fraction of sp³-hybridized carbons (Fsp3) is 0.364. The standard InChI is InChI=1S/C11H13NOS/c1-4-9(5-2)12-11(13)10-8(3)6-7-14-10/h1,6-7,9H,5H2,2-3H3,(H,12,13). The van der Waals surface area contributed by atoms with Crippen LogP contribution < -0.4 is 5.32 Å². The van der Waals surface area contributed by atoms with Crippen LogP contribution >= 0.6 is 11.3 Å². The van der Waals surface area contributed by atoms with Crippen molar-refractivity contribution in [1.82, 2.24) is 5.32 Å². The lowest BCUT2D eigenvalue weighted by atomic mass is 10.2. The van der Waals surface area contributed by atoms with E-state index in [-0.39, 0.29) is 11.9 Å². The van der Waals surface area contributed by atoms with E-state index in [0.717, 1.165) is 16.9 Å². The van der Waals surface area contributed by atoms with Gasteiger partial charge in [-0.3, -0.25) is 4.79 Å². The second-order valence-electron chi connectivity index (χ2n) is 3.03. The fourth-order valence-electron chi connectivity index (χ4n) is 1.09.